The van der Waals surface area contributed by atoms with E-state index >= 15 is 0 Å². The Hall–Kier alpha value is -0.830. The Kier molecular flexibility index (Phi) is 1.93. The molecule has 0 radical (unpaired) electrons. The fraction of sp³-hybridized carbons (Fsp3) is 0.417. The van der Waals surface area contributed by atoms with Crippen LogP contribution in [0.25, 0.3) is 0 Å². The van der Waals surface area contributed by atoms with Crippen molar-refractivity contribution in [3.8, 4) is 0 Å². The summed E-state index contributed by atoms with van der Waals surface area (Å²) in [6.07, 6.45) is 2.17. The lowest BCUT2D eigenvalue weighted by Gasteiger charge is -2.43. The molecule has 0 spiro atoms. The molecule has 1 heterocycles. The van der Waals surface area contributed by atoms with Gasteiger partial charge >= 0.3 is 0 Å². The number of carbonyl (C=O) groups is 1. The quantitative estimate of drug-likeness (QED) is 0.829. The highest BCUT2D eigenvalue weighted by Crippen LogP contribution is 2.51. The largest absolute Gasteiger partial charge is 0.355 e. The van der Waals surface area contributed by atoms with Crippen molar-refractivity contribution in [1.29, 1.82) is 0 Å². The summed E-state index contributed by atoms with van der Waals surface area (Å²) >= 11 is 3.49. The van der Waals surface area contributed by atoms with E-state index in [1.54, 1.807) is 0 Å². The van der Waals surface area contributed by atoms with Crippen molar-refractivity contribution in [2.45, 2.75) is 18.3 Å². The molecule has 3 rings (SSSR count). The van der Waals surface area contributed by atoms with E-state index < -0.39 is 0 Å². The van der Waals surface area contributed by atoms with Gasteiger partial charge in [-0.25, -0.2) is 0 Å². The van der Waals surface area contributed by atoms with Gasteiger partial charge in [0.2, 0.25) is 5.91 Å². The summed E-state index contributed by atoms with van der Waals surface area (Å²) in [6, 6.07) is 8.36. The Morgan fingerprint density at radius 2 is 2.33 bits per heavy atom. The van der Waals surface area contributed by atoms with Crippen molar-refractivity contribution >= 4 is 21.8 Å². The molecule has 1 saturated carbocycles. The Morgan fingerprint density at radius 1 is 1.47 bits per heavy atom. The maximum absolute atomic E-state index is 11.6. The third-order valence-corrected chi connectivity index (χ3v) is 4.33. The molecule has 1 aliphatic carbocycles. The first-order valence-corrected chi connectivity index (χ1v) is 6.05. The first kappa shape index (κ1) is 9.40. The van der Waals surface area contributed by atoms with Crippen molar-refractivity contribution in [3.63, 3.8) is 0 Å². The Bertz CT molecular complexity index is 431. The van der Waals surface area contributed by atoms with Gasteiger partial charge in [0.15, 0.2) is 0 Å². The standard InChI is InChI=1S/C12H12BrNO/c13-9-3-1-2-8(6-9)12-5-4-10(12)11(15)14-7-12/h1-3,6,10H,4-5,7H2,(H,14,15). The van der Waals surface area contributed by atoms with Crippen molar-refractivity contribution in [2.75, 3.05) is 6.54 Å². The second-order valence-electron chi connectivity index (χ2n) is 4.48. The number of halogens is 1. The van der Waals surface area contributed by atoms with Crippen LogP contribution in [0, 0.1) is 5.92 Å². The minimum atomic E-state index is 0.0981. The Labute approximate surface area is 97.2 Å². The molecule has 2 unspecified atom stereocenters. The van der Waals surface area contributed by atoms with Crippen LogP contribution in [-0.4, -0.2) is 12.5 Å². The van der Waals surface area contributed by atoms with E-state index in [0.717, 1.165) is 23.9 Å². The molecule has 1 N–H and O–H groups in total. The lowest BCUT2D eigenvalue weighted by molar-refractivity contribution is -0.125. The molecule has 1 aliphatic heterocycles. The smallest absolute Gasteiger partial charge is 0.224 e. The maximum Gasteiger partial charge on any atom is 0.224 e. The van der Waals surface area contributed by atoms with Gasteiger partial charge in [0.1, 0.15) is 0 Å². The van der Waals surface area contributed by atoms with E-state index in [-0.39, 0.29) is 17.2 Å². The summed E-state index contributed by atoms with van der Waals surface area (Å²) in [4.78, 5) is 11.6. The van der Waals surface area contributed by atoms with Crippen LogP contribution in [0.5, 0.6) is 0 Å². The van der Waals surface area contributed by atoms with E-state index in [9.17, 15) is 4.79 Å². The minimum Gasteiger partial charge on any atom is -0.355 e. The second kappa shape index (κ2) is 3.08. The molecule has 0 aromatic heterocycles. The third kappa shape index (κ3) is 1.19. The fourth-order valence-corrected chi connectivity index (χ4v) is 3.24. The molecule has 0 bridgehead atoms. The van der Waals surface area contributed by atoms with Crippen LogP contribution in [0.1, 0.15) is 18.4 Å². The van der Waals surface area contributed by atoms with E-state index in [1.807, 2.05) is 12.1 Å². The van der Waals surface area contributed by atoms with Crippen molar-refractivity contribution in [1.82, 2.24) is 5.32 Å². The van der Waals surface area contributed by atoms with Crippen LogP contribution < -0.4 is 5.32 Å². The molecule has 1 aromatic carbocycles. The monoisotopic (exact) mass is 265 g/mol. The molecule has 2 aliphatic rings. The zero-order valence-electron chi connectivity index (χ0n) is 8.29. The number of carbonyl (C=O) groups excluding carboxylic acids is 1. The average Bonchev–Trinajstić information content (AvgIpc) is 2.37. The molecular weight excluding hydrogens is 254 g/mol. The average molecular weight is 266 g/mol. The minimum absolute atomic E-state index is 0.0981. The van der Waals surface area contributed by atoms with E-state index in [1.165, 1.54) is 5.56 Å². The highest BCUT2D eigenvalue weighted by molar-refractivity contribution is 9.10. The van der Waals surface area contributed by atoms with E-state index in [0.29, 0.717) is 0 Å². The number of hydrogen-bond acceptors (Lipinski definition) is 1. The molecule has 3 heteroatoms. The molecule has 1 aromatic rings. The predicted octanol–water partition coefficient (Wildman–Crippen LogP) is 2.23. The number of fused-ring (bicyclic) bond motifs is 1. The number of hydrogen-bond donors (Lipinski definition) is 1. The van der Waals surface area contributed by atoms with Crippen molar-refractivity contribution < 1.29 is 4.79 Å². The summed E-state index contributed by atoms with van der Waals surface area (Å²) in [5, 5.41) is 2.99. The summed E-state index contributed by atoms with van der Waals surface area (Å²) < 4.78 is 1.10. The van der Waals surface area contributed by atoms with Crippen LogP contribution in [0.3, 0.4) is 0 Å². The molecule has 1 saturated heterocycles. The molecular formula is C12H12BrNO. The normalized spacial score (nSPS) is 33.1. The zero-order chi connectivity index (χ0) is 10.5. The molecule has 2 fully saturated rings. The highest BCUT2D eigenvalue weighted by Gasteiger charge is 2.55. The Morgan fingerprint density at radius 3 is 2.93 bits per heavy atom. The van der Waals surface area contributed by atoms with Gasteiger partial charge in [-0.15, -0.1) is 0 Å². The topological polar surface area (TPSA) is 29.1 Å². The van der Waals surface area contributed by atoms with Gasteiger partial charge in [0.05, 0.1) is 0 Å². The SMILES string of the molecule is O=C1NCC2(c3cccc(Br)c3)CCC12. The van der Waals surface area contributed by atoms with Crippen molar-refractivity contribution in [3.05, 3.63) is 34.3 Å². The number of nitrogens with one attached hydrogen (secondary N) is 1. The van der Waals surface area contributed by atoms with Gasteiger partial charge in [-0.3, -0.25) is 4.79 Å². The van der Waals surface area contributed by atoms with Crippen LogP contribution in [-0.2, 0) is 10.2 Å². The molecule has 2 atom stereocenters. The first-order valence-electron chi connectivity index (χ1n) is 5.26. The third-order valence-electron chi connectivity index (χ3n) is 3.84. The highest BCUT2D eigenvalue weighted by atomic mass is 79.9. The van der Waals surface area contributed by atoms with Gasteiger partial charge < -0.3 is 5.32 Å². The maximum atomic E-state index is 11.6. The molecule has 1 amide bonds. The zero-order valence-corrected chi connectivity index (χ0v) is 9.88. The van der Waals surface area contributed by atoms with Crippen LogP contribution in [0.15, 0.2) is 28.7 Å². The lowest BCUT2D eigenvalue weighted by atomic mass is 9.58. The van der Waals surface area contributed by atoms with Crippen LogP contribution >= 0.6 is 15.9 Å². The van der Waals surface area contributed by atoms with Crippen molar-refractivity contribution in [2.24, 2.45) is 5.92 Å². The van der Waals surface area contributed by atoms with Gasteiger partial charge in [-0.2, -0.15) is 0 Å². The summed E-state index contributed by atoms with van der Waals surface area (Å²) in [6.45, 7) is 0.812. The van der Waals surface area contributed by atoms with Gasteiger partial charge in [-0.05, 0) is 30.5 Å². The Balaban J connectivity index is 2.04. The van der Waals surface area contributed by atoms with Gasteiger partial charge in [0, 0.05) is 22.4 Å². The predicted molar refractivity (Wildman–Crippen MR) is 61.6 cm³/mol. The molecule has 15 heavy (non-hydrogen) atoms. The summed E-state index contributed by atoms with van der Waals surface area (Å²) in [7, 11) is 0. The van der Waals surface area contributed by atoms with E-state index in [4.69, 9.17) is 0 Å². The number of rotatable bonds is 1. The second-order valence-corrected chi connectivity index (χ2v) is 5.39. The number of benzene rings is 1. The first-order chi connectivity index (χ1) is 7.22. The lowest BCUT2D eigenvalue weighted by Crippen LogP contribution is -2.44. The number of amides is 1. The van der Waals surface area contributed by atoms with E-state index in [2.05, 4.69) is 33.4 Å². The summed E-state index contributed by atoms with van der Waals surface area (Å²) in [5.74, 6) is 0.452. The molecule has 78 valence electrons. The fourth-order valence-electron chi connectivity index (χ4n) is 2.84. The van der Waals surface area contributed by atoms with Crippen LogP contribution in [0.4, 0.5) is 0 Å². The van der Waals surface area contributed by atoms with Gasteiger partial charge in [-0.1, -0.05) is 28.1 Å². The van der Waals surface area contributed by atoms with Crippen LogP contribution in [0.2, 0.25) is 0 Å². The summed E-state index contributed by atoms with van der Waals surface area (Å²) in [5.41, 5.74) is 1.40. The van der Waals surface area contributed by atoms with Gasteiger partial charge in [0.25, 0.3) is 0 Å². The molecule has 2 nitrogen and oxygen atoms in total.